The van der Waals surface area contributed by atoms with Crippen LogP contribution in [0.15, 0.2) is 24.3 Å². The highest BCUT2D eigenvalue weighted by molar-refractivity contribution is 6.29. The Bertz CT molecular complexity index is 396. The van der Waals surface area contributed by atoms with Crippen LogP contribution < -0.4 is 0 Å². The van der Waals surface area contributed by atoms with E-state index >= 15 is 0 Å². The molecule has 1 fully saturated rings. The van der Waals surface area contributed by atoms with E-state index in [0.717, 1.165) is 5.56 Å². The fourth-order valence-corrected chi connectivity index (χ4v) is 2.60. The molecule has 17 heavy (non-hydrogen) atoms. The zero-order chi connectivity index (χ0) is 12.3. The molecule has 1 aliphatic rings. The molecule has 0 aliphatic carbocycles. The Labute approximate surface area is 105 Å². The molecule has 0 bridgehead atoms. The van der Waals surface area contributed by atoms with Crippen LogP contribution in [-0.2, 0) is 14.9 Å². The first-order valence-corrected chi connectivity index (χ1v) is 6.15. The van der Waals surface area contributed by atoms with Crippen LogP contribution in [-0.4, -0.2) is 24.9 Å². The normalized spacial score (nSPS) is 18.9. The predicted octanol–water partition coefficient (Wildman–Crippen LogP) is 2.68. The molecule has 2 rings (SSSR count). The molecule has 0 N–H and O–H groups in total. The summed E-state index contributed by atoms with van der Waals surface area (Å²) in [6.07, 6.45) is 1.23. The average Bonchev–Trinajstić information content (AvgIpc) is 2.39. The van der Waals surface area contributed by atoms with Crippen LogP contribution in [0.2, 0.25) is 0 Å². The first-order valence-electron chi connectivity index (χ1n) is 5.62. The summed E-state index contributed by atoms with van der Waals surface area (Å²) in [7, 11) is 0. The van der Waals surface area contributed by atoms with Gasteiger partial charge in [-0.15, -0.1) is 11.6 Å². The molecule has 1 saturated heterocycles. The van der Waals surface area contributed by atoms with Gasteiger partial charge in [0.15, 0.2) is 5.78 Å². The molecular formula is C13H14ClFO2. The van der Waals surface area contributed by atoms with Gasteiger partial charge in [-0.05, 0) is 30.5 Å². The quantitative estimate of drug-likeness (QED) is 0.778. The number of rotatable bonds is 3. The lowest BCUT2D eigenvalue weighted by atomic mass is 9.71. The maximum atomic E-state index is 12.9. The van der Waals surface area contributed by atoms with E-state index in [9.17, 15) is 9.18 Å². The SMILES string of the molecule is O=C(CCl)C1(c2ccc(F)cc2)CCOCC1. The second-order valence-corrected chi connectivity index (χ2v) is 4.53. The Hall–Kier alpha value is -0.930. The Morgan fingerprint density at radius 2 is 1.88 bits per heavy atom. The third kappa shape index (κ3) is 2.35. The van der Waals surface area contributed by atoms with E-state index in [1.54, 1.807) is 12.1 Å². The van der Waals surface area contributed by atoms with Crippen LogP contribution in [0, 0.1) is 5.82 Å². The number of benzene rings is 1. The van der Waals surface area contributed by atoms with Crippen molar-refractivity contribution in [2.75, 3.05) is 19.1 Å². The minimum Gasteiger partial charge on any atom is -0.381 e. The lowest BCUT2D eigenvalue weighted by Gasteiger charge is -2.35. The third-order valence-corrected chi connectivity index (χ3v) is 3.64. The van der Waals surface area contributed by atoms with Gasteiger partial charge in [-0.2, -0.15) is 0 Å². The van der Waals surface area contributed by atoms with Gasteiger partial charge in [-0.25, -0.2) is 4.39 Å². The molecule has 0 aromatic heterocycles. The zero-order valence-corrected chi connectivity index (χ0v) is 10.2. The van der Waals surface area contributed by atoms with Crippen molar-refractivity contribution in [3.8, 4) is 0 Å². The summed E-state index contributed by atoms with van der Waals surface area (Å²) in [4.78, 5) is 12.1. The monoisotopic (exact) mass is 256 g/mol. The highest BCUT2D eigenvalue weighted by Gasteiger charge is 2.40. The summed E-state index contributed by atoms with van der Waals surface area (Å²) >= 11 is 5.69. The van der Waals surface area contributed by atoms with Crippen LogP contribution in [0.3, 0.4) is 0 Å². The number of hydrogen-bond acceptors (Lipinski definition) is 2. The molecule has 1 aromatic carbocycles. The minimum atomic E-state index is -0.590. The van der Waals surface area contributed by atoms with Gasteiger partial charge in [0.05, 0.1) is 11.3 Å². The Kier molecular flexibility index (Phi) is 3.79. The van der Waals surface area contributed by atoms with Gasteiger partial charge in [0.1, 0.15) is 5.82 Å². The predicted molar refractivity (Wildman–Crippen MR) is 63.9 cm³/mol. The third-order valence-electron chi connectivity index (χ3n) is 3.40. The summed E-state index contributed by atoms with van der Waals surface area (Å²) < 4.78 is 18.2. The van der Waals surface area contributed by atoms with E-state index in [0.29, 0.717) is 26.1 Å². The number of Topliss-reactive ketones (excluding diaryl/α,β-unsaturated/α-hetero) is 1. The van der Waals surface area contributed by atoms with Crippen LogP contribution in [0.25, 0.3) is 0 Å². The topological polar surface area (TPSA) is 26.3 Å². The van der Waals surface area contributed by atoms with Gasteiger partial charge >= 0.3 is 0 Å². The molecule has 0 unspecified atom stereocenters. The number of halogens is 2. The summed E-state index contributed by atoms with van der Waals surface area (Å²) in [6, 6.07) is 6.11. The highest BCUT2D eigenvalue weighted by atomic mass is 35.5. The van der Waals surface area contributed by atoms with E-state index in [1.165, 1.54) is 12.1 Å². The largest absolute Gasteiger partial charge is 0.381 e. The van der Waals surface area contributed by atoms with E-state index < -0.39 is 5.41 Å². The molecule has 1 aliphatic heterocycles. The Morgan fingerprint density at radius 3 is 2.41 bits per heavy atom. The van der Waals surface area contributed by atoms with E-state index in [4.69, 9.17) is 16.3 Å². The molecule has 0 saturated carbocycles. The molecule has 2 nitrogen and oxygen atoms in total. The maximum absolute atomic E-state index is 12.9. The first-order chi connectivity index (χ1) is 8.19. The fraction of sp³-hybridized carbons (Fsp3) is 0.462. The molecule has 0 atom stereocenters. The highest BCUT2D eigenvalue weighted by Crippen LogP contribution is 2.36. The summed E-state index contributed by atoms with van der Waals surface area (Å²) in [5.41, 5.74) is 0.251. The van der Waals surface area contributed by atoms with Crippen molar-refractivity contribution in [3.05, 3.63) is 35.6 Å². The molecule has 92 valence electrons. The molecular weight excluding hydrogens is 243 g/mol. The molecule has 0 spiro atoms. The van der Waals surface area contributed by atoms with Gasteiger partial charge in [-0.3, -0.25) is 4.79 Å². The average molecular weight is 257 g/mol. The molecule has 1 aromatic rings. The number of ether oxygens (including phenoxy) is 1. The lowest BCUT2D eigenvalue weighted by molar-refractivity contribution is -0.125. The van der Waals surface area contributed by atoms with E-state index in [-0.39, 0.29) is 17.5 Å². The summed E-state index contributed by atoms with van der Waals surface area (Å²) in [5, 5.41) is 0. The fourth-order valence-electron chi connectivity index (χ4n) is 2.35. The van der Waals surface area contributed by atoms with Crippen molar-refractivity contribution in [3.63, 3.8) is 0 Å². The van der Waals surface area contributed by atoms with Gasteiger partial charge in [0.2, 0.25) is 0 Å². The van der Waals surface area contributed by atoms with Crippen molar-refractivity contribution in [2.45, 2.75) is 18.3 Å². The van der Waals surface area contributed by atoms with E-state index in [2.05, 4.69) is 0 Å². The number of carbonyl (C=O) groups is 1. The smallest absolute Gasteiger partial charge is 0.158 e. The molecule has 1 heterocycles. The van der Waals surface area contributed by atoms with Crippen molar-refractivity contribution >= 4 is 17.4 Å². The van der Waals surface area contributed by atoms with Gasteiger partial charge < -0.3 is 4.74 Å². The Balaban J connectivity index is 2.38. The van der Waals surface area contributed by atoms with Crippen LogP contribution >= 0.6 is 11.6 Å². The summed E-state index contributed by atoms with van der Waals surface area (Å²) in [5.74, 6) is -0.319. The van der Waals surface area contributed by atoms with Crippen molar-refractivity contribution in [1.82, 2.24) is 0 Å². The number of hydrogen-bond donors (Lipinski definition) is 0. The van der Waals surface area contributed by atoms with Crippen molar-refractivity contribution in [1.29, 1.82) is 0 Å². The number of ketones is 1. The number of alkyl halides is 1. The minimum absolute atomic E-state index is 0.00549. The molecule has 4 heteroatoms. The first kappa shape index (κ1) is 12.5. The van der Waals surface area contributed by atoms with Gasteiger partial charge in [-0.1, -0.05) is 12.1 Å². The number of carbonyl (C=O) groups excluding carboxylic acids is 1. The summed E-state index contributed by atoms with van der Waals surface area (Å²) in [6.45, 7) is 1.08. The molecule has 0 amide bonds. The second kappa shape index (κ2) is 5.15. The van der Waals surface area contributed by atoms with Crippen LogP contribution in [0.1, 0.15) is 18.4 Å². The van der Waals surface area contributed by atoms with Crippen molar-refractivity contribution < 1.29 is 13.9 Å². The Morgan fingerprint density at radius 1 is 1.29 bits per heavy atom. The maximum Gasteiger partial charge on any atom is 0.158 e. The zero-order valence-electron chi connectivity index (χ0n) is 9.42. The second-order valence-electron chi connectivity index (χ2n) is 4.26. The van der Waals surface area contributed by atoms with Gasteiger partial charge in [0.25, 0.3) is 0 Å². The van der Waals surface area contributed by atoms with Crippen molar-refractivity contribution in [2.24, 2.45) is 0 Å². The standard InChI is InChI=1S/C13H14ClFO2/c14-9-12(16)13(5-7-17-8-6-13)10-1-3-11(15)4-2-10/h1-4H,5-9H2. The van der Waals surface area contributed by atoms with Gasteiger partial charge in [0, 0.05) is 13.2 Å². The van der Waals surface area contributed by atoms with E-state index in [1.807, 2.05) is 0 Å². The van der Waals surface area contributed by atoms with Crippen LogP contribution in [0.4, 0.5) is 4.39 Å². The molecule has 0 radical (unpaired) electrons. The lowest BCUT2D eigenvalue weighted by Crippen LogP contribution is -2.42. The van der Waals surface area contributed by atoms with Crippen LogP contribution in [0.5, 0.6) is 0 Å².